The summed E-state index contributed by atoms with van der Waals surface area (Å²) in [5, 5.41) is 15.0. The van der Waals surface area contributed by atoms with E-state index in [1.807, 2.05) is 6.92 Å². The van der Waals surface area contributed by atoms with Crippen LogP contribution in [0, 0.1) is 11.6 Å². The van der Waals surface area contributed by atoms with Crippen molar-refractivity contribution < 1.29 is 23.5 Å². The molecule has 3 rings (SSSR count). The molecule has 1 saturated heterocycles. The minimum atomic E-state index is -1.28. The SMILES string of the molecule is CC1CN(c2c(F)cc3c(c2F)NC=C(C(=O)O)C3C=C=O)CCN1. The molecule has 132 valence electrons. The summed E-state index contributed by atoms with van der Waals surface area (Å²) in [6.45, 7) is 3.42. The Balaban J connectivity index is 2.10. The smallest absolute Gasteiger partial charge is 0.334 e. The molecule has 0 amide bonds. The maximum atomic E-state index is 15.0. The summed E-state index contributed by atoms with van der Waals surface area (Å²) >= 11 is 0. The number of rotatable bonds is 3. The lowest BCUT2D eigenvalue weighted by molar-refractivity contribution is -0.132. The van der Waals surface area contributed by atoms with Gasteiger partial charge in [-0.15, -0.1) is 0 Å². The third-order valence-corrected chi connectivity index (χ3v) is 4.43. The fourth-order valence-corrected chi connectivity index (χ4v) is 3.29. The fourth-order valence-electron chi connectivity index (χ4n) is 3.29. The van der Waals surface area contributed by atoms with Gasteiger partial charge in [0.05, 0.1) is 11.3 Å². The van der Waals surface area contributed by atoms with E-state index in [4.69, 9.17) is 0 Å². The van der Waals surface area contributed by atoms with Crippen molar-refractivity contribution in [3.8, 4) is 0 Å². The summed E-state index contributed by atoms with van der Waals surface area (Å²) < 4.78 is 29.7. The Morgan fingerprint density at radius 2 is 2.24 bits per heavy atom. The molecule has 8 heteroatoms. The van der Waals surface area contributed by atoms with E-state index in [1.165, 1.54) is 5.94 Å². The number of carboxylic acid groups (broad SMARTS) is 1. The van der Waals surface area contributed by atoms with Crippen molar-refractivity contribution in [3.05, 3.63) is 41.1 Å². The van der Waals surface area contributed by atoms with E-state index in [9.17, 15) is 19.1 Å². The molecule has 0 aromatic heterocycles. The van der Waals surface area contributed by atoms with Gasteiger partial charge in [-0.25, -0.2) is 18.4 Å². The Morgan fingerprint density at radius 3 is 2.88 bits per heavy atom. The van der Waals surface area contributed by atoms with E-state index in [1.54, 1.807) is 4.90 Å². The second-order valence-electron chi connectivity index (χ2n) is 6.10. The Bertz CT molecular complexity index is 803. The van der Waals surface area contributed by atoms with Gasteiger partial charge in [0, 0.05) is 43.9 Å². The first-order valence-electron chi connectivity index (χ1n) is 7.85. The van der Waals surface area contributed by atoms with E-state index in [2.05, 4.69) is 10.6 Å². The van der Waals surface area contributed by atoms with Crippen molar-refractivity contribution in [1.29, 1.82) is 0 Å². The first-order chi connectivity index (χ1) is 11.9. The number of nitrogens with one attached hydrogen (secondary N) is 2. The number of hydrogen-bond acceptors (Lipinski definition) is 5. The van der Waals surface area contributed by atoms with Crippen LogP contribution in [0.2, 0.25) is 0 Å². The van der Waals surface area contributed by atoms with Crippen LogP contribution in [0.25, 0.3) is 0 Å². The number of carbonyl (C=O) groups is 1. The quantitative estimate of drug-likeness (QED) is 0.720. The van der Waals surface area contributed by atoms with Crippen LogP contribution in [0.15, 0.2) is 23.9 Å². The zero-order valence-corrected chi connectivity index (χ0v) is 13.5. The Hall–Kier alpha value is -2.70. The monoisotopic (exact) mass is 349 g/mol. The van der Waals surface area contributed by atoms with Crippen LogP contribution in [0.3, 0.4) is 0 Å². The molecule has 2 unspecified atom stereocenters. The Kier molecular flexibility index (Phi) is 4.57. The number of benzene rings is 1. The maximum Gasteiger partial charge on any atom is 0.334 e. The van der Waals surface area contributed by atoms with Crippen LogP contribution in [-0.2, 0) is 9.59 Å². The Labute approximate surface area is 142 Å². The van der Waals surface area contributed by atoms with Gasteiger partial charge >= 0.3 is 5.97 Å². The van der Waals surface area contributed by atoms with Crippen molar-refractivity contribution in [2.45, 2.75) is 18.9 Å². The molecule has 2 aliphatic rings. The van der Waals surface area contributed by atoms with Gasteiger partial charge in [0.25, 0.3) is 0 Å². The van der Waals surface area contributed by atoms with Crippen molar-refractivity contribution >= 4 is 23.3 Å². The number of anilines is 2. The molecule has 0 saturated carbocycles. The van der Waals surface area contributed by atoms with Crippen LogP contribution in [0.4, 0.5) is 20.2 Å². The number of allylic oxidation sites excluding steroid dienone is 1. The molecule has 25 heavy (non-hydrogen) atoms. The zero-order valence-electron chi connectivity index (χ0n) is 13.5. The van der Waals surface area contributed by atoms with Gasteiger partial charge in [-0.05, 0) is 18.6 Å². The first kappa shape index (κ1) is 17.1. The van der Waals surface area contributed by atoms with Crippen molar-refractivity contribution in [3.63, 3.8) is 0 Å². The highest BCUT2D eigenvalue weighted by Gasteiger charge is 2.33. The molecule has 2 atom stereocenters. The van der Waals surface area contributed by atoms with Gasteiger partial charge in [-0.1, -0.05) is 0 Å². The van der Waals surface area contributed by atoms with Gasteiger partial charge in [0.2, 0.25) is 0 Å². The summed E-state index contributed by atoms with van der Waals surface area (Å²) in [7, 11) is 0. The third kappa shape index (κ3) is 3.01. The average Bonchev–Trinajstić information content (AvgIpc) is 2.55. The molecule has 0 radical (unpaired) electrons. The molecule has 1 fully saturated rings. The predicted octanol–water partition coefficient (Wildman–Crippen LogP) is 1.63. The molecule has 0 bridgehead atoms. The van der Waals surface area contributed by atoms with E-state index in [0.29, 0.717) is 19.6 Å². The number of halogens is 2. The highest BCUT2D eigenvalue weighted by Crippen LogP contribution is 2.41. The molecule has 0 aliphatic carbocycles. The molecule has 1 aromatic rings. The standard InChI is InChI=1S/C17H17F2N3O3/c1-9-8-22(4-3-20-9)16-13(18)6-11-10(2-5-23)12(17(24)25)7-21-15(11)14(16)19/h2,6-7,9-10,20-21H,3-4,8H2,1H3,(H,24,25). The molecule has 6 nitrogen and oxygen atoms in total. The van der Waals surface area contributed by atoms with Crippen molar-refractivity contribution in [2.24, 2.45) is 0 Å². The number of fused-ring (bicyclic) bond motifs is 1. The summed E-state index contributed by atoms with van der Waals surface area (Å²) in [5.41, 5.74) is -0.298. The average molecular weight is 349 g/mol. The summed E-state index contributed by atoms with van der Waals surface area (Å²) in [6, 6.07) is 1.17. The molecule has 2 heterocycles. The molecule has 2 aliphatic heterocycles. The van der Waals surface area contributed by atoms with Gasteiger partial charge in [0.15, 0.2) is 5.82 Å². The predicted molar refractivity (Wildman–Crippen MR) is 88.4 cm³/mol. The molecular formula is C17H17F2N3O3. The topological polar surface area (TPSA) is 81.7 Å². The van der Waals surface area contributed by atoms with Crippen LogP contribution >= 0.6 is 0 Å². The third-order valence-electron chi connectivity index (χ3n) is 4.43. The normalized spacial score (nSPS) is 22.4. The second-order valence-corrected chi connectivity index (χ2v) is 6.10. The van der Waals surface area contributed by atoms with Crippen molar-refractivity contribution in [1.82, 2.24) is 5.32 Å². The highest BCUT2D eigenvalue weighted by atomic mass is 19.1. The lowest BCUT2D eigenvalue weighted by atomic mass is 9.87. The lowest BCUT2D eigenvalue weighted by Crippen LogP contribution is -2.49. The first-order valence-corrected chi connectivity index (χ1v) is 7.85. The minimum Gasteiger partial charge on any atom is -0.478 e. The van der Waals surface area contributed by atoms with Crippen LogP contribution in [0.5, 0.6) is 0 Å². The molecule has 3 N–H and O–H groups in total. The lowest BCUT2D eigenvalue weighted by Gasteiger charge is -2.35. The molecule has 1 aromatic carbocycles. The molecule has 0 spiro atoms. The van der Waals surface area contributed by atoms with Gasteiger partial charge < -0.3 is 20.6 Å². The number of carboxylic acids is 1. The van der Waals surface area contributed by atoms with Crippen LogP contribution < -0.4 is 15.5 Å². The van der Waals surface area contributed by atoms with Crippen LogP contribution in [0.1, 0.15) is 18.4 Å². The number of nitrogens with zero attached hydrogens (tertiary/aromatic N) is 1. The summed E-state index contributed by atoms with van der Waals surface area (Å²) in [4.78, 5) is 23.7. The second kappa shape index (κ2) is 6.66. The largest absolute Gasteiger partial charge is 0.478 e. The maximum absolute atomic E-state index is 15.0. The Morgan fingerprint density at radius 1 is 1.48 bits per heavy atom. The minimum absolute atomic E-state index is 0.0240. The number of hydrogen-bond donors (Lipinski definition) is 3. The fraction of sp³-hybridized carbons (Fsp3) is 0.353. The van der Waals surface area contributed by atoms with Crippen LogP contribution in [-0.4, -0.2) is 42.7 Å². The number of carbonyl (C=O) groups excluding carboxylic acids is 1. The van der Waals surface area contributed by atoms with Gasteiger partial charge in [0.1, 0.15) is 17.4 Å². The van der Waals surface area contributed by atoms with Gasteiger partial charge in [-0.3, -0.25) is 0 Å². The van der Waals surface area contributed by atoms with E-state index < -0.39 is 23.5 Å². The highest BCUT2D eigenvalue weighted by molar-refractivity contribution is 5.92. The molecular weight excluding hydrogens is 332 g/mol. The van der Waals surface area contributed by atoms with E-state index >= 15 is 4.39 Å². The zero-order chi connectivity index (χ0) is 18.1. The van der Waals surface area contributed by atoms with Crippen molar-refractivity contribution in [2.75, 3.05) is 29.9 Å². The van der Waals surface area contributed by atoms with Gasteiger partial charge in [-0.2, -0.15) is 0 Å². The van der Waals surface area contributed by atoms with E-state index in [-0.39, 0.29) is 28.6 Å². The number of aliphatic carboxylic acids is 1. The summed E-state index contributed by atoms with van der Waals surface area (Å²) in [5.74, 6) is -2.42. The number of piperazine rings is 1. The summed E-state index contributed by atoms with van der Waals surface area (Å²) in [6.07, 6.45) is 2.07. The van der Waals surface area contributed by atoms with E-state index in [0.717, 1.165) is 18.3 Å².